The predicted octanol–water partition coefficient (Wildman–Crippen LogP) is 5.45. The largest absolute Gasteiger partial charge is 0.493 e. The molecule has 0 aliphatic rings. The quantitative estimate of drug-likeness (QED) is 0.278. The van der Waals surface area contributed by atoms with Gasteiger partial charge in [0.05, 0.1) is 12.8 Å². The number of aromatic hydroxyl groups is 1. The fourth-order valence-electron chi connectivity index (χ4n) is 3.47. The van der Waals surface area contributed by atoms with Crippen LogP contribution in [-0.2, 0) is 19.4 Å². The molecule has 2 N–H and O–H groups in total. The molecule has 0 aliphatic heterocycles. The fraction of sp³-hybridized carbons (Fsp3) is 0.231. The highest BCUT2D eigenvalue weighted by molar-refractivity contribution is 7.10. The summed E-state index contributed by atoms with van der Waals surface area (Å²) in [7, 11) is 1.62. The molecule has 2 heterocycles. The Labute approximate surface area is 201 Å². The number of methoxy groups -OCH3 is 1. The Balaban J connectivity index is 1.28. The van der Waals surface area contributed by atoms with Crippen LogP contribution in [-0.4, -0.2) is 22.2 Å². The highest BCUT2D eigenvalue weighted by Gasteiger charge is 2.10. The first-order chi connectivity index (χ1) is 16.6. The number of H-pyrrole nitrogens is 1. The number of nitrogens with one attached hydrogen (secondary N) is 1. The van der Waals surface area contributed by atoms with Crippen molar-refractivity contribution in [3.05, 3.63) is 92.1 Å². The maximum Gasteiger partial charge on any atom is 0.419 e. The van der Waals surface area contributed by atoms with E-state index in [9.17, 15) is 9.90 Å². The highest BCUT2D eigenvalue weighted by atomic mass is 32.1. The van der Waals surface area contributed by atoms with Crippen LogP contribution in [0.15, 0.2) is 63.1 Å². The number of nitrogens with zero attached hydrogens (tertiary/aromatic N) is 1. The van der Waals surface area contributed by atoms with Gasteiger partial charge in [0.15, 0.2) is 17.3 Å². The van der Waals surface area contributed by atoms with Crippen molar-refractivity contribution >= 4 is 23.5 Å². The Morgan fingerprint density at radius 3 is 2.68 bits per heavy atom. The standard InChI is InChI=1S/C26H26N2O5S/c1-31-23-15-19(9-5-6-10-22-25(29)28-26(30)33-22)11-13-21(23)32-16-20-17-34-24(27-20)14-12-18-7-3-2-4-8-18/h2-4,7-8,11-15,17,29H,5-6,9-10,16H2,1H3,(H,28,30). The molecule has 176 valence electrons. The van der Waals surface area contributed by atoms with Gasteiger partial charge in [-0.3, -0.25) is 4.98 Å². The van der Waals surface area contributed by atoms with Crippen molar-refractivity contribution in [3.63, 3.8) is 0 Å². The van der Waals surface area contributed by atoms with Gasteiger partial charge in [0.25, 0.3) is 0 Å². The van der Waals surface area contributed by atoms with Gasteiger partial charge in [-0.15, -0.1) is 11.3 Å². The normalized spacial score (nSPS) is 11.2. The number of rotatable bonds is 11. The fourth-order valence-corrected chi connectivity index (χ4v) is 4.17. The number of aromatic nitrogens is 2. The van der Waals surface area contributed by atoms with E-state index in [0.29, 0.717) is 30.3 Å². The van der Waals surface area contributed by atoms with Gasteiger partial charge in [-0.1, -0.05) is 42.5 Å². The van der Waals surface area contributed by atoms with E-state index in [1.807, 2.05) is 53.9 Å². The first-order valence-electron chi connectivity index (χ1n) is 11.0. The van der Waals surface area contributed by atoms with E-state index in [-0.39, 0.29) is 5.88 Å². The molecule has 4 rings (SSSR count). The summed E-state index contributed by atoms with van der Waals surface area (Å²) in [5, 5.41) is 12.5. The maximum absolute atomic E-state index is 11.1. The van der Waals surface area contributed by atoms with Gasteiger partial charge in [0, 0.05) is 11.8 Å². The van der Waals surface area contributed by atoms with Gasteiger partial charge in [-0.25, -0.2) is 9.78 Å². The van der Waals surface area contributed by atoms with Crippen LogP contribution in [0.3, 0.4) is 0 Å². The van der Waals surface area contributed by atoms with Crippen molar-refractivity contribution in [1.82, 2.24) is 9.97 Å². The van der Waals surface area contributed by atoms with Crippen LogP contribution in [0.1, 0.15) is 40.4 Å². The molecule has 2 aromatic heterocycles. The van der Waals surface area contributed by atoms with E-state index in [1.54, 1.807) is 18.4 Å². The summed E-state index contributed by atoms with van der Waals surface area (Å²) in [6.45, 7) is 0.358. The number of ether oxygens (including phenoxy) is 2. The molecule has 0 radical (unpaired) electrons. The number of hydrogen-bond donors (Lipinski definition) is 2. The van der Waals surface area contributed by atoms with Crippen molar-refractivity contribution in [2.24, 2.45) is 0 Å². The van der Waals surface area contributed by atoms with Gasteiger partial charge in [-0.05, 0) is 48.6 Å². The lowest BCUT2D eigenvalue weighted by Gasteiger charge is -2.11. The van der Waals surface area contributed by atoms with Crippen LogP contribution >= 0.6 is 11.3 Å². The highest BCUT2D eigenvalue weighted by Crippen LogP contribution is 2.30. The van der Waals surface area contributed by atoms with Crippen LogP contribution in [0.2, 0.25) is 0 Å². The first kappa shape index (κ1) is 23.4. The summed E-state index contributed by atoms with van der Waals surface area (Å²) >= 11 is 1.58. The molecule has 0 amide bonds. The molecule has 0 aliphatic carbocycles. The van der Waals surface area contributed by atoms with Crippen molar-refractivity contribution in [3.8, 4) is 17.4 Å². The van der Waals surface area contributed by atoms with Crippen LogP contribution in [0.4, 0.5) is 0 Å². The Bertz CT molecular complexity index is 1290. The maximum atomic E-state index is 11.1. The second-order valence-electron chi connectivity index (χ2n) is 7.69. The third kappa shape index (κ3) is 6.39. The summed E-state index contributed by atoms with van der Waals surface area (Å²) in [5.74, 6) is 0.816. The van der Waals surface area contributed by atoms with E-state index in [4.69, 9.17) is 13.9 Å². The van der Waals surface area contributed by atoms with Crippen LogP contribution in [0.25, 0.3) is 12.2 Å². The molecule has 0 unspecified atom stereocenters. The first-order valence-corrected chi connectivity index (χ1v) is 11.9. The summed E-state index contributed by atoms with van der Waals surface area (Å²) in [4.78, 5) is 17.9. The monoisotopic (exact) mass is 478 g/mol. The van der Waals surface area contributed by atoms with Crippen molar-refractivity contribution in [2.75, 3.05) is 7.11 Å². The Morgan fingerprint density at radius 1 is 1.09 bits per heavy atom. The Kier molecular flexibility index (Phi) is 7.83. The predicted molar refractivity (Wildman–Crippen MR) is 132 cm³/mol. The number of unbranched alkanes of at least 4 members (excludes halogenated alkanes) is 1. The lowest BCUT2D eigenvalue weighted by Crippen LogP contribution is -1.99. The minimum atomic E-state index is -0.634. The second-order valence-corrected chi connectivity index (χ2v) is 8.58. The summed E-state index contributed by atoms with van der Waals surface area (Å²) < 4.78 is 16.4. The molecule has 0 saturated heterocycles. The van der Waals surface area contributed by atoms with Crippen molar-refractivity contribution in [2.45, 2.75) is 32.3 Å². The molecular weight excluding hydrogens is 452 g/mol. The number of hydrogen-bond acceptors (Lipinski definition) is 7. The zero-order valence-corrected chi connectivity index (χ0v) is 19.6. The average Bonchev–Trinajstić information content (AvgIpc) is 3.45. The average molecular weight is 479 g/mol. The molecule has 4 aromatic rings. The number of aryl methyl sites for hydroxylation is 2. The molecular formula is C26H26N2O5S. The van der Waals surface area contributed by atoms with E-state index >= 15 is 0 Å². The molecule has 0 spiro atoms. The van der Waals surface area contributed by atoms with E-state index < -0.39 is 5.76 Å². The van der Waals surface area contributed by atoms with Crippen molar-refractivity contribution in [1.29, 1.82) is 0 Å². The van der Waals surface area contributed by atoms with E-state index in [0.717, 1.165) is 41.1 Å². The minimum absolute atomic E-state index is 0.187. The smallest absolute Gasteiger partial charge is 0.419 e. The molecule has 0 atom stereocenters. The topological polar surface area (TPSA) is 97.6 Å². The molecule has 7 nitrogen and oxygen atoms in total. The van der Waals surface area contributed by atoms with Gasteiger partial charge < -0.3 is 19.0 Å². The van der Waals surface area contributed by atoms with Crippen LogP contribution in [0.5, 0.6) is 17.4 Å². The van der Waals surface area contributed by atoms with Crippen LogP contribution < -0.4 is 15.2 Å². The molecule has 0 saturated carbocycles. The van der Waals surface area contributed by atoms with Crippen molar-refractivity contribution < 1.29 is 19.0 Å². The Morgan fingerprint density at radius 2 is 1.91 bits per heavy atom. The molecule has 34 heavy (non-hydrogen) atoms. The van der Waals surface area contributed by atoms with Gasteiger partial charge in [0.1, 0.15) is 11.6 Å². The third-order valence-electron chi connectivity index (χ3n) is 5.21. The molecule has 2 aromatic carbocycles. The number of thiazole rings is 1. The second kappa shape index (κ2) is 11.4. The van der Waals surface area contributed by atoms with Gasteiger partial charge in [0.2, 0.25) is 5.88 Å². The zero-order chi connectivity index (χ0) is 23.8. The third-order valence-corrected chi connectivity index (χ3v) is 6.07. The summed E-state index contributed by atoms with van der Waals surface area (Å²) in [6.07, 6.45) is 7.02. The zero-order valence-electron chi connectivity index (χ0n) is 18.8. The molecule has 0 bridgehead atoms. The summed E-state index contributed by atoms with van der Waals surface area (Å²) in [5.41, 5.74) is 3.11. The van der Waals surface area contributed by atoms with Crippen LogP contribution in [0, 0.1) is 0 Å². The lowest BCUT2D eigenvalue weighted by atomic mass is 10.1. The van der Waals surface area contributed by atoms with Gasteiger partial charge in [-0.2, -0.15) is 0 Å². The lowest BCUT2D eigenvalue weighted by molar-refractivity contribution is 0.281. The minimum Gasteiger partial charge on any atom is -0.493 e. The van der Waals surface area contributed by atoms with E-state index in [1.165, 1.54) is 0 Å². The molecule has 8 heteroatoms. The number of benzene rings is 2. The van der Waals surface area contributed by atoms with Gasteiger partial charge >= 0.3 is 5.76 Å². The number of oxazole rings is 1. The SMILES string of the molecule is COc1cc(CCCCc2oc(=O)[nH]c2O)ccc1OCc1csc(C=Cc2ccccc2)n1. The summed E-state index contributed by atoms with van der Waals surface area (Å²) in [6, 6.07) is 16.0. The molecule has 0 fully saturated rings. The number of aromatic amines is 1. The Hall–Kier alpha value is -3.78. The van der Waals surface area contributed by atoms with E-state index in [2.05, 4.69) is 22.1 Å².